The van der Waals surface area contributed by atoms with Gasteiger partial charge in [0.05, 0.1) is 34.5 Å². The lowest BCUT2D eigenvalue weighted by Crippen LogP contribution is -2.49. The van der Waals surface area contributed by atoms with E-state index in [4.69, 9.17) is 16.3 Å². The summed E-state index contributed by atoms with van der Waals surface area (Å²) in [7, 11) is 1.57. The molecule has 188 valence electrons. The maximum Gasteiger partial charge on any atom is 0.289 e. The number of rotatable bonds is 4. The number of fused-ring (bicyclic) bond motifs is 1. The van der Waals surface area contributed by atoms with Crippen molar-refractivity contribution in [2.24, 2.45) is 0 Å². The molecular weight excluding hydrogens is 506 g/mol. The number of anilines is 1. The Bertz CT molecular complexity index is 1540. The van der Waals surface area contributed by atoms with E-state index < -0.39 is 29.5 Å². The summed E-state index contributed by atoms with van der Waals surface area (Å²) in [4.78, 5) is 35.5. The fraction of sp³-hybridized carbons (Fsp3) is 0.160. The summed E-state index contributed by atoms with van der Waals surface area (Å²) in [6.45, 7) is 1.78. The SMILES string of the molecule is Cc1cnn(-c2ccc3c(c2)N(C)C(=O)C(NC(=O)c2ncc(Cl)c(-c4ccc(F)cc4F)n2)CO3)c1. The highest BCUT2D eigenvalue weighted by molar-refractivity contribution is 6.33. The lowest BCUT2D eigenvalue weighted by molar-refractivity contribution is -0.120. The van der Waals surface area contributed by atoms with Gasteiger partial charge in [0.25, 0.3) is 11.8 Å². The zero-order valence-electron chi connectivity index (χ0n) is 19.6. The molecule has 0 saturated carbocycles. The van der Waals surface area contributed by atoms with Crippen LogP contribution in [-0.2, 0) is 4.79 Å². The zero-order valence-corrected chi connectivity index (χ0v) is 20.3. The fourth-order valence-corrected chi connectivity index (χ4v) is 4.05. The van der Waals surface area contributed by atoms with Gasteiger partial charge in [-0.15, -0.1) is 0 Å². The maximum atomic E-state index is 14.3. The second-order valence-corrected chi connectivity index (χ2v) is 8.77. The molecule has 3 heterocycles. The first kappa shape index (κ1) is 24.3. The Morgan fingerprint density at radius 2 is 2.00 bits per heavy atom. The average molecular weight is 525 g/mol. The maximum absolute atomic E-state index is 14.3. The quantitative estimate of drug-likeness (QED) is 0.436. The summed E-state index contributed by atoms with van der Waals surface area (Å²) in [6.07, 6.45) is 4.70. The number of hydrogen-bond acceptors (Lipinski definition) is 6. The molecule has 2 aromatic heterocycles. The summed E-state index contributed by atoms with van der Waals surface area (Å²) in [5.74, 6) is -2.79. The minimum Gasteiger partial charge on any atom is -0.489 e. The topological polar surface area (TPSA) is 102 Å². The highest BCUT2D eigenvalue weighted by Crippen LogP contribution is 2.33. The van der Waals surface area contributed by atoms with Crippen LogP contribution in [0.15, 0.2) is 55.0 Å². The van der Waals surface area contributed by atoms with Crippen LogP contribution in [0, 0.1) is 18.6 Å². The molecule has 1 unspecified atom stereocenters. The highest BCUT2D eigenvalue weighted by atomic mass is 35.5. The van der Waals surface area contributed by atoms with Gasteiger partial charge in [0.1, 0.15) is 30.0 Å². The lowest BCUT2D eigenvalue weighted by atomic mass is 10.1. The van der Waals surface area contributed by atoms with E-state index in [0.29, 0.717) is 17.5 Å². The van der Waals surface area contributed by atoms with Gasteiger partial charge in [0.2, 0.25) is 5.82 Å². The van der Waals surface area contributed by atoms with Gasteiger partial charge in [-0.1, -0.05) is 11.6 Å². The van der Waals surface area contributed by atoms with E-state index in [0.717, 1.165) is 29.6 Å². The number of halogens is 3. The molecule has 0 aliphatic carbocycles. The van der Waals surface area contributed by atoms with Gasteiger partial charge in [0, 0.05) is 24.9 Å². The van der Waals surface area contributed by atoms with Gasteiger partial charge in [-0.3, -0.25) is 9.59 Å². The molecular formula is C25H19ClF2N6O3. The van der Waals surface area contributed by atoms with Gasteiger partial charge in [-0.2, -0.15) is 5.10 Å². The van der Waals surface area contributed by atoms with Crippen molar-refractivity contribution in [3.8, 4) is 22.7 Å². The molecule has 2 amide bonds. The molecule has 37 heavy (non-hydrogen) atoms. The summed E-state index contributed by atoms with van der Waals surface area (Å²) in [5.41, 5.74) is 2.02. The lowest BCUT2D eigenvalue weighted by Gasteiger charge is -2.20. The van der Waals surface area contributed by atoms with Crippen LogP contribution in [0.1, 0.15) is 16.2 Å². The van der Waals surface area contributed by atoms with E-state index in [1.807, 2.05) is 13.1 Å². The van der Waals surface area contributed by atoms with Crippen molar-refractivity contribution in [2.45, 2.75) is 13.0 Å². The number of nitrogens with one attached hydrogen (secondary N) is 1. The summed E-state index contributed by atoms with van der Waals surface area (Å²) < 4.78 is 35.1. The monoisotopic (exact) mass is 524 g/mol. The third kappa shape index (κ3) is 4.73. The Balaban J connectivity index is 1.38. The highest BCUT2D eigenvalue weighted by Gasteiger charge is 2.32. The molecule has 0 radical (unpaired) electrons. The molecule has 1 atom stereocenters. The van der Waals surface area contributed by atoms with Crippen LogP contribution in [0.2, 0.25) is 5.02 Å². The predicted molar refractivity (Wildman–Crippen MR) is 131 cm³/mol. The van der Waals surface area contributed by atoms with Gasteiger partial charge in [-0.25, -0.2) is 23.4 Å². The van der Waals surface area contributed by atoms with Crippen molar-refractivity contribution in [1.29, 1.82) is 0 Å². The smallest absolute Gasteiger partial charge is 0.289 e. The van der Waals surface area contributed by atoms with Crippen LogP contribution in [0.25, 0.3) is 16.9 Å². The van der Waals surface area contributed by atoms with Crippen LogP contribution < -0.4 is 15.0 Å². The number of hydrogen-bond donors (Lipinski definition) is 1. The molecule has 2 aromatic carbocycles. The van der Waals surface area contributed by atoms with Gasteiger partial charge < -0.3 is 15.0 Å². The molecule has 1 aliphatic rings. The number of aromatic nitrogens is 4. The van der Waals surface area contributed by atoms with Gasteiger partial charge in [0.15, 0.2) is 0 Å². The number of amides is 2. The van der Waals surface area contributed by atoms with Crippen LogP contribution >= 0.6 is 11.6 Å². The summed E-state index contributed by atoms with van der Waals surface area (Å²) >= 11 is 6.11. The van der Waals surface area contributed by atoms with Crippen LogP contribution in [-0.4, -0.2) is 51.3 Å². The minimum absolute atomic E-state index is 0.0331. The molecule has 0 bridgehead atoms. The molecule has 5 rings (SSSR count). The van der Waals surface area contributed by atoms with Crippen molar-refractivity contribution < 1.29 is 23.1 Å². The largest absolute Gasteiger partial charge is 0.489 e. The van der Waals surface area contributed by atoms with Crippen molar-refractivity contribution in [3.05, 3.63) is 83.0 Å². The number of benzene rings is 2. The van der Waals surface area contributed by atoms with Crippen LogP contribution in [0.3, 0.4) is 0 Å². The molecule has 4 aromatic rings. The molecule has 0 spiro atoms. The molecule has 0 saturated heterocycles. The van der Waals surface area contributed by atoms with Gasteiger partial charge >= 0.3 is 0 Å². The van der Waals surface area contributed by atoms with Gasteiger partial charge in [-0.05, 0) is 42.8 Å². The molecule has 9 nitrogen and oxygen atoms in total. The first-order chi connectivity index (χ1) is 17.7. The number of ether oxygens (including phenoxy) is 1. The number of aryl methyl sites for hydroxylation is 1. The number of nitrogens with zero attached hydrogens (tertiary/aromatic N) is 5. The number of likely N-dealkylation sites (N-methyl/N-ethyl adjacent to an activating group) is 1. The normalized spacial score (nSPS) is 15.1. The van der Waals surface area contributed by atoms with Crippen LogP contribution in [0.5, 0.6) is 5.75 Å². The van der Waals surface area contributed by atoms with E-state index in [2.05, 4.69) is 20.4 Å². The Morgan fingerprint density at radius 3 is 2.73 bits per heavy atom. The van der Waals surface area contributed by atoms with Crippen molar-refractivity contribution >= 4 is 29.1 Å². The number of carbonyl (C=O) groups excluding carboxylic acids is 2. The molecule has 12 heteroatoms. The van der Waals surface area contributed by atoms with Crippen LogP contribution in [0.4, 0.5) is 14.5 Å². The van der Waals surface area contributed by atoms with E-state index in [9.17, 15) is 18.4 Å². The van der Waals surface area contributed by atoms with E-state index in [-0.39, 0.29) is 28.7 Å². The third-order valence-electron chi connectivity index (χ3n) is 5.75. The second-order valence-electron chi connectivity index (χ2n) is 8.36. The Labute approximate surface area is 214 Å². The van der Waals surface area contributed by atoms with E-state index in [1.54, 1.807) is 36.1 Å². The first-order valence-electron chi connectivity index (χ1n) is 11.1. The average Bonchev–Trinajstić information content (AvgIpc) is 3.28. The summed E-state index contributed by atoms with van der Waals surface area (Å²) in [6, 6.07) is 7.11. The molecule has 1 N–H and O–H groups in total. The second kappa shape index (κ2) is 9.58. The Morgan fingerprint density at radius 1 is 1.19 bits per heavy atom. The summed E-state index contributed by atoms with van der Waals surface area (Å²) in [5, 5.41) is 6.82. The van der Waals surface area contributed by atoms with E-state index >= 15 is 0 Å². The first-order valence-corrected chi connectivity index (χ1v) is 11.4. The molecule has 1 aliphatic heterocycles. The van der Waals surface area contributed by atoms with Crippen molar-refractivity contribution in [2.75, 3.05) is 18.6 Å². The van der Waals surface area contributed by atoms with Crippen molar-refractivity contribution in [3.63, 3.8) is 0 Å². The predicted octanol–water partition coefficient (Wildman–Crippen LogP) is 3.72. The standard InChI is InChI=1S/C25H19ClF2N6O3/c1-13-9-30-34(11-13)15-4-6-21-20(8-15)33(2)25(36)19(12-37-21)31-24(35)23-29-10-17(26)22(32-23)16-5-3-14(27)7-18(16)28/h3-11,19H,12H2,1-2H3,(H,31,35). The third-order valence-corrected chi connectivity index (χ3v) is 6.03. The van der Waals surface area contributed by atoms with Crippen molar-refractivity contribution in [1.82, 2.24) is 25.1 Å². The molecule has 0 fully saturated rings. The van der Waals surface area contributed by atoms with E-state index in [1.165, 1.54) is 4.90 Å². The minimum atomic E-state index is -1.06. The zero-order chi connectivity index (χ0) is 26.3. The Hall–Kier alpha value is -4.38. The Kier molecular flexibility index (Phi) is 6.30. The number of carbonyl (C=O) groups is 2. The fourth-order valence-electron chi connectivity index (χ4n) is 3.86.